The number of rotatable bonds is 2. The second-order valence-corrected chi connectivity index (χ2v) is 6.04. The molecular formula is C15H11ClFIN2O2. The Bertz CT molecular complexity index is 732. The SMILES string of the molecule is Cc1cccc(Cl)c1C(=O)NNC(=O)c1ccc(F)c(I)c1. The molecule has 114 valence electrons. The lowest BCUT2D eigenvalue weighted by molar-refractivity contribution is 0.0846. The highest BCUT2D eigenvalue weighted by Crippen LogP contribution is 2.19. The molecule has 0 fully saturated rings. The van der Waals surface area contributed by atoms with Gasteiger partial charge in [-0.15, -0.1) is 0 Å². The van der Waals surface area contributed by atoms with Gasteiger partial charge in [0.1, 0.15) is 5.82 Å². The first-order valence-corrected chi connectivity index (χ1v) is 7.66. The van der Waals surface area contributed by atoms with Gasteiger partial charge in [-0.05, 0) is 59.3 Å². The largest absolute Gasteiger partial charge is 0.271 e. The van der Waals surface area contributed by atoms with Crippen LogP contribution in [0.2, 0.25) is 5.02 Å². The number of benzene rings is 2. The number of carbonyl (C=O) groups excluding carboxylic acids is 2. The zero-order valence-electron chi connectivity index (χ0n) is 11.4. The van der Waals surface area contributed by atoms with E-state index in [2.05, 4.69) is 10.9 Å². The van der Waals surface area contributed by atoms with E-state index in [9.17, 15) is 14.0 Å². The van der Waals surface area contributed by atoms with Gasteiger partial charge in [0.25, 0.3) is 11.8 Å². The maximum Gasteiger partial charge on any atom is 0.271 e. The first-order valence-electron chi connectivity index (χ1n) is 6.21. The van der Waals surface area contributed by atoms with E-state index in [4.69, 9.17) is 11.6 Å². The van der Waals surface area contributed by atoms with Crippen molar-refractivity contribution in [1.29, 1.82) is 0 Å². The van der Waals surface area contributed by atoms with Crippen LogP contribution in [0.5, 0.6) is 0 Å². The van der Waals surface area contributed by atoms with E-state index >= 15 is 0 Å². The fourth-order valence-corrected chi connectivity index (χ4v) is 2.63. The van der Waals surface area contributed by atoms with Crippen LogP contribution in [0.4, 0.5) is 4.39 Å². The normalized spacial score (nSPS) is 10.2. The highest BCUT2D eigenvalue weighted by atomic mass is 127. The van der Waals surface area contributed by atoms with Crippen LogP contribution in [0.15, 0.2) is 36.4 Å². The van der Waals surface area contributed by atoms with Crippen LogP contribution < -0.4 is 10.9 Å². The fourth-order valence-electron chi connectivity index (χ4n) is 1.81. The molecule has 22 heavy (non-hydrogen) atoms. The molecule has 0 unspecified atom stereocenters. The summed E-state index contributed by atoms with van der Waals surface area (Å²) in [7, 11) is 0. The van der Waals surface area contributed by atoms with E-state index in [1.54, 1.807) is 47.7 Å². The van der Waals surface area contributed by atoms with Gasteiger partial charge in [0.05, 0.1) is 10.6 Å². The summed E-state index contributed by atoms with van der Waals surface area (Å²) in [5.41, 5.74) is 5.79. The minimum Gasteiger partial charge on any atom is -0.267 e. The predicted molar refractivity (Wildman–Crippen MR) is 90.2 cm³/mol. The van der Waals surface area contributed by atoms with Crippen molar-refractivity contribution in [2.24, 2.45) is 0 Å². The predicted octanol–water partition coefficient (Wildman–Crippen LogP) is 3.47. The zero-order valence-corrected chi connectivity index (χ0v) is 14.3. The van der Waals surface area contributed by atoms with Crippen LogP contribution in [0.25, 0.3) is 0 Å². The van der Waals surface area contributed by atoms with Gasteiger partial charge in [-0.1, -0.05) is 23.7 Å². The van der Waals surface area contributed by atoms with Crippen LogP contribution in [0, 0.1) is 16.3 Å². The summed E-state index contributed by atoms with van der Waals surface area (Å²) in [5, 5.41) is 0.295. The van der Waals surface area contributed by atoms with Crippen molar-refractivity contribution in [3.05, 3.63) is 67.5 Å². The summed E-state index contributed by atoms with van der Waals surface area (Å²) in [6.07, 6.45) is 0. The van der Waals surface area contributed by atoms with E-state index in [1.165, 1.54) is 18.2 Å². The molecule has 0 bridgehead atoms. The number of halogens is 3. The van der Waals surface area contributed by atoms with Gasteiger partial charge < -0.3 is 0 Å². The second-order valence-electron chi connectivity index (χ2n) is 4.47. The number of aryl methyl sites for hydroxylation is 1. The number of hydrogen-bond acceptors (Lipinski definition) is 2. The van der Waals surface area contributed by atoms with Crippen LogP contribution in [0.3, 0.4) is 0 Å². The molecule has 2 rings (SSSR count). The number of hydrogen-bond donors (Lipinski definition) is 2. The second kappa shape index (κ2) is 7.06. The van der Waals surface area contributed by atoms with Crippen LogP contribution in [-0.2, 0) is 0 Å². The third-order valence-corrected chi connectivity index (χ3v) is 4.06. The summed E-state index contributed by atoms with van der Waals surface area (Å²) in [4.78, 5) is 24.0. The Kier molecular flexibility index (Phi) is 5.36. The van der Waals surface area contributed by atoms with Crippen LogP contribution in [-0.4, -0.2) is 11.8 Å². The third-order valence-electron chi connectivity index (χ3n) is 2.92. The molecule has 0 saturated carbocycles. The topological polar surface area (TPSA) is 58.2 Å². The van der Waals surface area contributed by atoms with Crippen molar-refractivity contribution in [2.45, 2.75) is 6.92 Å². The molecule has 0 spiro atoms. The van der Waals surface area contributed by atoms with Crippen molar-refractivity contribution >= 4 is 46.0 Å². The lowest BCUT2D eigenvalue weighted by atomic mass is 10.1. The average molecular weight is 433 g/mol. The minimum atomic E-state index is -0.545. The Morgan fingerprint density at radius 2 is 1.82 bits per heavy atom. The molecular weight excluding hydrogens is 422 g/mol. The average Bonchev–Trinajstić information content (AvgIpc) is 2.47. The quantitative estimate of drug-likeness (QED) is 0.564. The summed E-state index contributed by atoms with van der Waals surface area (Å²) < 4.78 is 13.5. The van der Waals surface area contributed by atoms with Gasteiger partial charge in [-0.2, -0.15) is 0 Å². The smallest absolute Gasteiger partial charge is 0.267 e. The van der Waals surface area contributed by atoms with Crippen LogP contribution >= 0.6 is 34.2 Å². The van der Waals surface area contributed by atoms with Gasteiger partial charge >= 0.3 is 0 Å². The van der Waals surface area contributed by atoms with Crippen molar-refractivity contribution in [3.8, 4) is 0 Å². The Labute approximate surface area is 145 Å². The Hall–Kier alpha value is -1.67. The van der Waals surface area contributed by atoms with Gasteiger partial charge in [-0.25, -0.2) is 4.39 Å². The molecule has 7 heteroatoms. The van der Waals surface area contributed by atoms with Crippen molar-refractivity contribution in [2.75, 3.05) is 0 Å². The van der Waals surface area contributed by atoms with Crippen molar-refractivity contribution < 1.29 is 14.0 Å². The van der Waals surface area contributed by atoms with Crippen LogP contribution in [0.1, 0.15) is 26.3 Å². The zero-order chi connectivity index (χ0) is 16.3. The number of nitrogens with one attached hydrogen (secondary N) is 2. The number of hydrazine groups is 1. The van der Waals surface area contributed by atoms with Gasteiger partial charge in [-0.3, -0.25) is 20.4 Å². The first kappa shape index (κ1) is 16.7. The van der Waals surface area contributed by atoms with Gasteiger partial charge in [0, 0.05) is 9.13 Å². The van der Waals surface area contributed by atoms with E-state index in [1.807, 2.05) is 0 Å². The molecule has 0 radical (unpaired) electrons. The molecule has 2 aromatic carbocycles. The molecule has 0 saturated heterocycles. The maximum atomic E-state index is 13.2. The molecule has 2 aromatic rings. The Morgan fingerprint density at radius 3 is 2.45 bits per heavy atom. The van der Waals surface area contributed by atoms with Crippen molar-refractivity contribution in [1.82, 2.24) is 10.9 Å². The number of carbonyl (C=O) groups is 2. The molecule has 0 atom stereocenters. The van der Waals surface area contributed by atoms with E-state index in [0.29, 0.717) is 14.2 Å². The summed E-state index contributed by atoms with van der Waals surface area (Å²) in [6.45, 7) is 1.74. The highest BCUT2D eigenvalue weighted by Gasteiger charge is 2.14. The van der Waals surface area contributed by atoms with E-state index in [0.717, 1.165) is 0 Å². The van der Waals surface area contributed by atoms with E-state index < -0.39 is 17.6 Å². The molecule has 0 aromatic heterocycles. The molecule has 0 aliphatic heterocycles. The summed E-state index contributed by atoms with van der Waals surface area (Å²) >= 11 is 7.76. The molecule has 2 amide bonds. The summed E-state index contributed by atoms with van der Waals surface area (Å²) in [5.74, 6) is -1.47. The third kappa shape index (κ3) is 3.75. The Morgan fingerprint density at radius 1 is 1.14 bits per heavy atom. The molecule has 0 aliphatic rings. The fraction of sp³-hybridized carbons (Fsp3) is 0.0667. The minimum absolute atomic E-state index is 0.238. The summed E-state index contributed by atoms with van der Waals surface area (Å²) in [6, 6.07) is 8.97. The molecule has 2 N–H and O–H groups in total. The molecule has 4 nitrogen and oxygen atoms in total. The lowest BCUT2D eigenvalue weighted by Crippen LogP contribution is -2.42. The number of amides is 2. The Balaban J connectivity index is 2.07. The standard InChI is InChI=1S/C15H11ClFIN2O2/c1-8-3-2-4-10(16)13(8)15(22)20-19-14(21)9-5-6-11(17)12(18)7-9/h2-7H,1H3,(H,19,21)(H,20,22). The van der Waals surface area contributed by atoms with Crippen molar-refractivity contribution in [3.63, 3.8) is 0 Å². The maximum absolute atomic E-state index is 13.2. The first-order chi connectivity index (χ1) is 10.4. The van der Waals surface area contributed by atoms with E-state index in [-0.39, 0.29) is 11.1 Å². The van der Waals surface area contributed by atoms with Gasteiger partial charge in [0.15, 0.2) is 0 Å². The highest BCUT2D eigenvalue weighted by molar-refractivity contribution is 14.1. The molecule has 0 aliphatic carbocycles. The lowest BCUT2D eigenvalue weighted by Gasteiger charge is -2.10. The molecule has 0 heterocycles. The van der Waals surface area contributed by atoms with Gasteiger partial charge in [0.2, 0.25) is 0 Å². The monoisotopic (exact) mass is 432 g/mol.